The molecule has 0 amide bonds. The summed E-state index contributed by atoms with van der Waals surface area (Å²) in [6.07, 6.45) is 1.52. The third-order valence-corrected chi connectivity index (χ3v) is 7.43. The zero-order chi connectivity index (χ0) is 27.0. The van der Waals surface area contributed by atoms with Gasteiger partial charge in [0.05, 0.1) is 11.1 Å². The molecule has 4 aromatic carbocycles. The Labute approximate surface area is 219 Å². The molecule has 0 spiro atoms. The summed E-state index contributed by atoms with van der Waals surface area (Å²) in [4.78, 5) is 8.97. The first-order valence-electron chi connectivity index (χ1n) is 13.9. The molecule has 2 aromatic heterocycles. The van der Waals surface area contributed by atoms with Crippen molar-refractivity contribution in [2.45, 2.75) is 6.85 Å². The van der Waals surface area contributed by atoms with Crippen molar-refractivity contribution in [1.29, 1.82) is 0 Å². The topological polar surface area (TPSA) is 32.5 Å². The van der Waals surface area contributed by atoms with E-state index in [1.165, 1.54) is 6.20 Å². The minimum absolute atomic E-state index is 0.234. The second-order valence-corrected chi connectivity index (χ2v) is 9.40. The van der Waals surface area contributed by atoms with E-state index in [-0.39, 0.29) is 12.3 Å². The predicted octanol–water partition coefficient (Wildman–Crippen LogP) is 6.22. The lowest BCUT2D eigenvalue weighted by Gasteiger charge is -2.42. The van der Waals surface area contributed by atoms with Crippen LogP contribution in [-0.4, -0.2) is 11.7 Å². The zero-order valence-corrected chi connectivity index (χ0v) is 19.8. The van der Waals surface area contributed by atoms with Crippen LogP contribution < -0.4 is 26.4 Å². The van der Waals surface area contributed by atoms with Gasteiger partial charge in [0.1, 0.15) is 5.66 Å². The van der Waals surface area contributed by atoms with Gasteiger partial charge in [-0.05, 0) is 71.9 Å². The number of aryl methyl sites for hydroxylation is 1. The molecule has 5 heteroatoms. The van der Waals surface area contributed by atoms with Crippen LogP contribution in [-0.2, 0) is 0 Å². The minimum Gasteiger partial charge on any atom is -0.450 e. The summed E-state index contributed by atoms with van der Waals surface area (Å²) in [6.45, 7) is -2.58. The van der Waals surface area contributed by atoms with Crippen LogP contribution in [0, 0.1) is 6.85 Å². The maximum atomic E-state index is 8.34. The molecule has 0 saturated heterocycles. The van der Waals surface area contributed by atoms with Gasteiger partial charge in [0.2, 0.25) is 5.71 Å². The van der Waals surface area contributed by atoms with Gasteiger partial charge in [0.25, 0.3) is 6.71 Å². The number of rotatable bonds is 2. The Morgan fingerprint density at radius 2 is 1.35 bits per heavy atom. The van der Waals surface area contributed by atoms with Crippen LogP contribution in [0.5, 0.6) is 0 Å². The highest BCUT2D eigenvalue weighted by Gasteiger charge is 2.46. The molecule has 0 unspecified atom stereocenters. The van der Waals surface area contributed by atoms with Gasteiger partial charge in [0, 0.05) is 38.7 Å². The van der Waals surface area contributed by atoms with E-state index < -0.39 is 6.85 Å². The number of para-hydroxylation sites is 3. The molecule has 37 heavy (non-hydrogen) atoms. The molecule has 6 aromatic rings. The third-order valence-electron chi connectivity index (χ3n) is 7.43. The zero-order valence-electron chi connectivity index (χ0n) is 22.8. The Morgan fingerprint density at radius 1 is 0.703 bits per heavy atom. The molecule has 0 radical (unpaired) electrons. The molecule has 0 bridgehead atoms. The van der Waals surface area contributed by atoms with E-state index in [9.17, 15) is 0 Å². The summed E-state index contributed by atoms with van der Waals surface area (Å²) in [5.74, 6) is 0. The summed E-state index contributed by atoms with van der Waals surface area (Å²) < 4.78 is 31.6. The first kappa shape index (κ1) is 17.6. The van der Waals surface area contributed by atoms with Gasteiger partial charge in [0.15, 0.2) is 0 Å². The average molecular weight is 478 g/mol. The van der Waals surface area contributed by atoms with Crippen molar-refractivity contribution in [3.63, 3.8) is 0 Å². The lowest BCUT2D eigenvalue weighted by atomic mass is 9.35. The molecular weight excluding hydrogens is 453 g/mol. The smallest absolute Gasteiger partial charge is 0.297 e. The first-order valence-corrected chi connectivity index (χ1v) is 12.4. The standard InChI is InChI=1S/C32H22BN3O/c1-21-19-20-34-32-28(21)30-31(37-32)33-24-15-8-9-16-25(24)35(22-11-4-2-5-12-22)26-17-10-18-27(29(26)33)36(30)23-13-6-3-7-14-23/h2-20H,1H3/i1D3. The highest BCUT2D eigenvalue weighted by Crippen LogP contribution is 2.46. The largest absolute Gasteiger partial charge is 0.450 e. The monoisotopic (exact) mass is 478 g/mol. The quantitative estimate of drug-likeness (QED) is 0.276. The molecule has 0 saturated carbocycles. The number of nitrogens with zero attached hydrogens (tertiary/aromatic N) is 3. The van der Waals surface area contributed by atoms with Crippen molar-refractivity contribution in [2.24, 2.45) is 0 Å². The molecule has 4 heterocycles. The molecule has 2 aliphatic rings. The average Bonchev–Trinajstić information content (AvgIpc) is 3.37. The highest BCUT2D eigenvalue weighted by atomic mass is 16.3. The van der Waals surface area contributed by atoms with Gasteiger partial charge in [-0.15, -0.1) is 0 Å². The van der Waals surface area contributed by atoms with Gasteiger partial charge in [-0.1, -0.05) is 60.7 Å². The van der Waals surface area contributed by atoms with E-state index in [4.69, 9.17) is 8.53 Å². The first-order chi connectivity index (χ1) is 19.5. The van der Waals surface area contributed by atoms with E-state index in [0.29, 0.717) is 16.8 Å². The molecule has 0 fully saturated rings. The number of aromatic nitrogens is 1. The Balaban J connectivity index is 1.52. The maximum absolute atomic E-state index is 8.34. The molecule has 174 valence electrons. The number of fused-ring (bicyclic) bond motifs is 6. The van der Waals surface area contributed by atoms with Gasteiger partial charge in [-0.2, -0.15) is 0 Å². The Hall–Kier alpha value is -4.77. The van der Waals surface area contributed by atoms with E-state index in [1.807, 2.05) is 42.5 Å². The fourth-order valence-corrected chi connectivity index (χ4v) is 5.98. The fraction of sp³-hybridized carbons (Fsp3) is 0.0312. The summed E-state index contributed by atoms with van der Waals surface area (Å²) in [7, 11) is 0. The summed E-state index contributed by atoms with van der Waals surface area (Å²) in [5.41, 5.74) is 9.29. The van der Waals surface area contributed by atoms with Gasteiger partial charge in [-0.3, -0.25) is 0 Å². The van der Waals surface area contributed by atoms with Crippen LogP contribution in [0.1, 0.15) is 9.68 Å². The van der Waals surface area contributed by atoms with E-state index in [0.717, 1.165) is 45.0 Å². The predicted molar refractivity (Wildman–Crippen MR) is 153 cm³/mol. The van der Waals surface area contributed by atoms with Crippen molar-refractivity contribution in [2.75, 3.05) is 9.80 Å². The Kier molecular flexibility index (Phi) is 3.63. The van der Waals surface area contributed by atoms with Crippen LogP contribution >= 0.6 is 0 Å². The van der Waals surface area contributed by atoms with Crippen molar-refractivity contribution in [3.8, 4) is 0 Å². The number of furan rings is 1. The minimum atomic E-state index is -2.34. The molecule has 2 aliphatic heterocycles. The van der Waals surface area contributed by atoms with Crippen LogP contribution in [0.25, 0.3) is 11.1 Å². The van der Waals surface area contributed by atoms with Crippen LogP contribution in [0.15, 0.2) is 120 Å². The number of benzene rings is 4. The van der Waals surface area contributed by atoms with Crippen molar-refractivity contribution in [3.05, 3.63) is 121 Å². The fourth-order valence-electron chi connectivity index (χ4n) is 5.98. The molecule has 0 atom stereocenters. The second-order valence-electron chi connectivity index (χ2n) is 9.40. The molecule has 4 nitrogen and oxygen atoms in total. The molecule has 0 N–H and O–H groups in total. The number of hydrogen-bond donors (Lipinski definition) is 0. The van der Waals surface area contributed by atoms with Gasteiger partial charge < -0.3 is 14.2 Å². The van der Waals surface area contributed by atoms with Crippen LogP contribution in [0.2, 0.25) is 0 Å². The highest BCUT2D eigenvalue weighted by molar-refractivity contribution is 6.99. The lowest BCUT2D eigenvalue weighted by Crippen LogP contribution is -2.60. The Morgan fingerprint density at radius 3 is 2.11 bits per heavy atom. The molecule has 8 rings (SSSR count). The van der Waals surface area contributed by atoms with Gasteiger partial charge >= 0.3 is 0 Å². The molecular formula is C32H22BN3O. The maximum Gasteiger partial charge on any atom is 0.297 e. The normalized spacial score (nSPS) is 14.9. The Bertz CT molecular complexity index is 1920. The number of hydrogen-bond acceptors (Lipinski definition) is 4. The van der Waals surface area contributed by atoms with E-state index in [1.54, 1.807) is 6.07 Å². The van der Waals surface area contributed by atoms with Crippen molar-refractivity contribution in [1.82, 2.24) is 4.98 Å². The van der Waals surface area contributed by atoms with Crippen LogP contribution in [0.4, 0.5) is 34.1 Å². The molecule has 0 aliphatic carbocycles. The SMILES string of the molecule is [2H]C([2H])([2H])c1ccnc2oc3c(c12)N(c1ccccc1)c1cccc2c1B3c1ccccc1N2c1ccccc1. The van der Waals surface area contributed by atoms with E-state index >= 15 is 0 Å². The summed E-state index contributed by atoms with van der Waals surface area (Å²) in [5, 5.41) is 0.528. The lowest BCUT2D eigenvalue weighted by molar-refractivity contribution is 0.637. The number of anilines is 6. The summed E-state index contributed by atoms with van der Waals surface area (Å²) in [6, 6.07) is 36.7. The van der Waals surface area contributed by atoms with Crippen LogP contribution in [0.3, 0.4) is 0 Å². The third kappa shape index (κ3) is 2.77. The van der Waals surface area contributed by atoms with Crippen molar-refractivity contribution >= 4 is 68.5 Å². The van der Waals surface area contributed by atoms with E-state index in [2.05, 4.69) is 75.4 Å². The summed E-state index contributed by atoms with van der Waals surface area (Å²) >= 11 is 0. The second kappa shape index (κ2) is 7.61. The van der Waals surface area contributed by atoms with Gasteiger partial charge in [-0.25, -0.2) is 4.98 Å². The number of pyridine rings is 1. The van der Waals surface area contributed by atoms with Crippen molar-refractivity contribution < 1.29 is 8.53 Å².